The summed E-state index contributed by atoms with van der Waals surface area (Å²) in [4.78, 5) is 2.50. The van der Waals surface area contributed by atoms with Crippen LogP contribution in [0.3, 0.4) is 0 Å². The van der Waals surface area contributed by atoms with Crippen LogP contribution in [0.15, 0.2) is 0 Å². The van der Waals surface area contributed by atoms with Gasteiger partial charge in [0.05, 0.1) is 0 Å². The Balaban J connectivity index is 0.00000361. The molecule has 7 heteroatoms. The molecular weight excluding hydrogens is 288 g/mol. The fraction of sp³-hybridized carbons (Fsp3) is 1.00. The molecule has 0 aromatic carbocycles. The second-order valence-corrected chi connectivity index (χ2v) is 7.41. The lowest BCUT2D eigenvalue weighted by Gasteiger charge is -2.31. The van der Waals surface area contributed by atoms with Gasteiger partial charge in [-0.25, -0.2) is 0 Å². The molecule has 0 aliphatic carbocycles. The van der Waals surface area contributed by atoms with Crippen molar-refractivity contribution in [3.8, 4) is 0 Å². The maximum atomic E-state index is 5.86. The van der Waals surface area contributed by atoms with Crippen molar-refractivity contribution in [2.24, 2.45) is 0 Å². The molecule has 0 bridgehead atoms. The van der Waals surface area contributed by atoms with Gasteiger partial charge in [-0.3, -0.25) is 0 Å². The Morgan fingerprint density at radius 2 is 1.45 bits per heavy atom. The van der Waals surface area contributed by atoms with E-state index < -0.39 is 8.80 Å². The van der Waals surface area contributed by atoms with Crippen molar-refractivity contribution in [1.82, 2.24) is 10.2 Å². The van der Waals surface area contributed by atoms with Gasteiger partial charge in [0.1, 0.15) is 0 Å². The second-order valence-electron chi connectivity index (χ2n) is 4.68. The minimum absolute atomic E-state index is 0. The second kappa shape index (κ2) is 11.8. The molecule has 1 heterocycles. The van der Waals surface area contributed by atoms with Crippen molar-refractivity contribution in [3.63, 3.8) is 0 Å². The molecule has 1 rings (SSSR count). The molecule has 0 amide bonds. The van der Waals surface area contributed by atoms with E-state index in [0.717, 1.165) is 45.2 Å². The van der Waals surface area contributed by atoms with E-state index >= 15 is 0 Å². The van der Waals surface area contributed by atoms with Crippen LogP contribution in [-0.4, -0.2) is 77.2 Å². The summed E-state index contributed by atoms with van der Waals surface area (Å²) in [7, 11) is -2.42. The van der Waals surface area contributed by atoms with Crippen LogP contribution in [-0.2, 0) is 13.3 Å². The van der Waals surface area contributed by atoms with Gasteiger partial charge in [0, 0.05) is 52.0 Å². The molecule has 0 aromatic rings. The van der Waals surface area contributed by atoms with E-state index in [1.807, 2.05) is 20.8 Å². The van der Waals surface area contributed by atoms with E-state index in [1.54, 1.807) is 0 Å². The summed E-state index contributed by atoms with van der Waals surface area (Å²) in [5.41, 5.74) is 0. The summed E-state index contributed by atoms with van der Waals surface area (Å²) in [5.74, 6) is 0. The Hall–Kier alpha value is 0.234. The molecule has 0 aromatic heterocycles. The molecule has 1 aliphatic rings. The zero-order valence-electron chi connectivity index (χ0n) is 12.7. The Labute approximate surface area is 129 Å². The number of hydrogen-bond acceptors (Lipinski definition) is 5. The fourth-order valence-electron chi connectivity index (χ4n) is 2.46. The third kappa shape index (κ3) is 7.30. The highest BCUT2D eigenvalue weighted by Crippen LogP contribution is 2.18. The van der Waals surface area contributed by atoms with Gasteiger partial charge in [0.15, 0.2) is 0 Å². The predicted octanol–water partition coefficient (Wildman–Crippen LogP) is -0.121. The van der Waals surface area contributed by atoms with Crippen LogP contribution in [0.2, 0.25) is 6.04 Å². The van der Waals surface area contributed by atoms with E-state index in [-0.39, 0.29) is 11.0 Å². The number of hydrogen-bond donors (Lipinski definition) is 1. The van der Waals surface area contributed by atoms with Gasteiger partial charge in [-0.15, -0.1) is 0 Å². The van der Waals surface area contributed by atoms with Crippen LogP contribution < -0.4 is 5.32 Å². The van der Waals surface area contributed by atoms with Crippen molar-refractivity contribution >= 4 is 19.8 Å². The molecule has 1 fully saturated rings. The summed E-state index contributed by atoms with van der Waals surface area (Å²) in [6.07, 6.45) is 1.09. The molecule has 0 radical (unpaired) electrons. The first-order valence-corrected chi connectivity index (χ1v) is 9.54. The molecule has 1 aliphatic heterocycles. The normalized spacial score (nSPS) is 16.9. The number of piperazine rings is 1. The first kappa shape index (κ1) is 20.2. The van der Waals surface area contributed by atoms with E-state index in [2.05, 4.69) is 10.2 Å². The van der Waals surface area contributed by atoms with Crippen LogP contribution in [0.5, 0.6) is 0 Å². The van der Waals surface area contributed by atoms with Crippen LogP contribution >= 0.6 is 0 Å². The van der Waals surface area contributed by atoms with Gasteiger partial charge < -0.3 is 23.5 Å². The van der Waals surface area contributed by atoms with Crippen molar-refractivity contribution in [2.45, 2.75) is 33.2 Å². The molecule has 20 heavy (non-hydrogen) atoms. The molecule has 1 saturated heterocycles. The monoisotopic (exact) mass is 322 g/mol. The van der Waals surface area contributed by atoms with Gasteiger partial charge in [0.25, 0.3) is 0 Å². The highest BCUT2D eigenvalue weighted by atomic mass is 28.4. The Bertz CT molecular complexity index is 213. The third-order valence-electron chi connectivity index (χ3n) is 3.26. The van der Waals surface area contributed by atoms with Crippen LogP contribution in [0.25, 0.3) is 0 Å². The Kier molecular flexibility index (Phi) is 12.0. The first-order valence-electron chi connectivity index (χ1n) is 7.61. The standard InChI is InChI=1S/C13H30N2O3Si.H4Si/c1-4-16-19(17-5-2,18-6-3)13-7-10-15-11-8-14-9-12-15;/h14H,4-13H2,1-3H3;1H4. The Morgan fingerprint density at radius 3 is 1.90 bits per heavy atom. The third-order valence-corrected chi connectivity index (χ3v) is 6.41. The lowest BCUT2D eigenvalue weighted by Crippen LogP contribution is -2.47. The smallest absolute Gasteiger partial charge is 0.374 e. The van der Waals surface area contributed by atoms with E-state index in [0.29, 0.717) is 19.8 Å². The largest absolute Gasteiger partial charge is 0.500 e. The molecule has 0 spiro atoms. The molecular formula is C13H34N2O3Si2. The van der Waals surface area contributed by atoms with E-state index in [9.17, 15) is 0 Å². The summed E-state index contributed by atoms with van der Waals surface area (Å²) < 4.78 is 17.6. The number of nitrogens with zero attached hydrogens (tertiary/aromatic N) is 1. The number of rotatable bonds is 10. The van der Waals surface area contributed by atoms with Crippen molar-refractivity contribution in [2.75, 3.05) is 52.5 Å². The van der Waals surface area contributed by atoms with Crippen molar-refractivity contribution in [1.29, 1.82) is 0 Å². The van der Waals surface area contributed by atoms with Gasteiger partial charge in [-0.1, -0.05) is 0 Å². The lowest BCUT2D eigenvalue weighted by molar-refractivity contribution is 0.0697. The van der Waals surface area contributed by atoms with Gasteiger partial charge in [-0.05, 0) is 44.7 Å². The summed E-state index contributed by atoms with van der Waals surface area (Å²) >= 11 is 0. The molecule has 0 atom stereocenters. The molecule has 0 unspecified atom stereocenters. The maximum Gasteiger partial charge on any atom is 0.500 e. The summed E-state index contributed by atoms with van der Waals surface area (Å²) in [5, 5.41) is 3.38. The quantitative estimate of drug-likeness (QED) is 0.568. The van der Waals surface area contributed by atoms with Gasteiger partial charge in [0.2, 0.25) is 0 Å². The minimum atomic E-state index is -2.42. The highest BCUT2D eigenvalue weighted by molar-refractivity contribution is 6.60. The zero-order valence-corrected chi connectivity index (χ0v) is 13.7. The lowest BCUT2D eigenvalue weighted by atomic mass is 10.3. The highest BCUT2D eigenvalue weighted by Gasteiger charge is 2.39. The van der Waals surface area contributed by atoms with E-state index in [4.69, 9.17) is 13.3 Å². The van der Waals surface area contributed by atoms with E-state index in [1.165, 1.54) is 0 Å². The van der Waals surface area contributed by atoms with Gasteiger partial charge in [-0.2, -0.15) is 0 Å². The van der Waals surface area contributed by atoms with Crippen LogP contribution in [0, 0.1) is 0 Å². The maximum absolute atomic E-state index is 5.86. The SMILES string of the molecule is CCO[Si](CCCN1CCNCC1)(OCC)OCC.[SiH4]. The zero-order chi connectivity index (χ0) is 14.0. The van der Waals surface area contributed by atoms with Crippen LogP contribution in [0.4, 0.5) is 0 Å². The summed E-state index contributed by atoms with van der Waals surface area (Å²) in [6.45, 7) is 13.6. The fourth-order valence-corrected chi connectivity index (χ4v) is 5.05. The average molecular weight is 323 g/mol. The summed E-state index contributed by atoms with van der Waals surface area (Å²) in [6, 6.07) is 0.923. The van der Waals surface area contributed by atoms with Crippen molar-refractivity contribution in [3.05, 3.63) is 0 Å². The number of nitrogens with one attached hydrogen (secondary N) is 1. The van der Waals surface area contributed by atoms with Crippen molar-refractivity contribution < 1.29 is 13.3 Å². The minimum Gasteiger partial charge on any atom is -0.374 e. The van der Waals surface area contributed by atoms with Gasteiger partial charge >= 0.3 is 8.80 Å². The molecule has 0 saturated carbocycles. The molecule has 1 N–H and O–H groups in total. The average Bonchev–Trinajstić information content (AvgIpc) is 2.41. The predicted molar refractivity (Wildman–Crippen MR) is 90.7 cm³/mol. The first-order chi connectivity index (χ1) is 9.26. The topological polar surface area (TPSA) is 43.0 Å². The Morgan fingerprint density at radius 1 is 0.950 bits per heavy atom. The molecule has 5 nitrogen and oxygen atoms in total. The van der Waals surface area contributed by atoms with Crippen LogP contribution in [0.1, 0.15) is 27.2 Å². The molecule has 122 valence electrons.